The third-order valence-corrected chi connectivity index (χ3v) is 2.47. The van der Waals surface area contributed by atoms with Crippen LogP contribution < -0.4 is 0 Å². The highest BCUT2D eigenvalue weighted by Crippen LogP contribution is 2.22. The van der Waals surface area contributed by atoms with Gasteiger partial charge in [0.25, 0.3) is 6.43 Å². The molecule has 1 saturated heterocycles. The number of hydrogen-bond acceptors (Lipinski definition) is 1. The van der Waals surface area contributed by atoms with Gasteiger partial charge in [0.2, 0.25) is 0 Å². The molecule has 1 atom stereocenters. The van der Waals surface area contributed by atoms with E-state index in [1.54, 1.807) is 14.1 Å². The van der Waals surface area contributed by atoms with Gasteiger partial charge < -0.3 is 9.80 Å². The van der Waals surface area contributed by atoms with Gasteiger partial charge in [0.15, 0.2) is 0 Å². The fourth-order valence-corrected chi connectivity index (χ4v) is 1.71. The molecular weight excluding hydrogens is 190 g/mol. The van der Waals surface area contributed by atoms with Gasteiger partial charge in [-0.15, -0.1) is 0 Å². The molecule has 14 heavy (non-hydrogen) atoms. The van der Waals surface area contributed by atoms with E-state index >= 15 is 0 Å². The normalized spacial score (nSPS) is 22.6. The predicted molar refractivity (Wildman–Crippen MR) is 49.4 cm³/mol. The van der Waals surface area contributed by atoms with E-state index in [4.69, 9.17) is 0 Å². The number of carbonyl (C=O) groups excluding carboxylic acids is 1. The third-order valence-electron chi connectivity index (χ3n) is 2.47. The van der Waals surface area contributed by atoms with E-state index in [2.05, 4.69) is 0 Å². The second kappa shape index (κ2) is 4.57. The SMILES string of the molecule is CN(C)C(=O)N1CCCCC1C(F)F. The summed E-state index contributed by atoms with van der Waals surface area (Å²) in [7, 11) is 3.17. The molecule has 1 rings (SSSR count). The molecule has 1 aliphatic rings. The zero-order valence-corrected chi connectivity index (χ0v) is 8.54. The Bertz CT molecular complexity index is 209. The first kappa shape index (κ1) is 11.2. The number of alkyl halides is 2. The number of rotatable bonds is 1. The quantitative estimate of drug-likeness (QED) is 0.641. The highest BCUT2D eigenvalue weighted by molar-refractivity contribution is 5.74. The Morgan fingerprint density at radius 3 is 2.57 bits per heavy atom. The number of urea groups is 1. The summed E-state index contributed by atoms with van der Waals surface area (Å²) in [4.78, 5) is 14.2. The van der Waals surface area contributed by atoms with Crippen molar-refractivity contribution in [1.29, 1.82) is 0 Å². The zero-order chi connectivity index (χ0) is 10.7. The van der Waals surface area contributed by atoms with E-state index in [-0.39, 0.29) is 6.03 Å². The van der Waals surface area contributed by atoms with Gasteiger partial charge in [-0.25, -0.2) is 13.6 Å². The molecule has 0 aromatic rings. The van der Waals surface area contributed by atoms with Crippen molar-refractivity contribution in [3.8, 4) is 0 Å². The van der Waals surface area contributed by atoms with E-state index in [9.17, 15) is 13.6 Å². The van der Waals surface area contributed by atoms with E-state index in [1.165, 1.54) is 9.80 Å². The van der Waals surface area contributed by atoms with E-state index in [1.807, 2.05) is 0 Å². The minimum atomic E-state index is -2.43. The molecule has 0 aromatic heterocycles. The standard InChI is InChI=1S/C9H16F2N2O/c1-12(2)9(14)13-6-4-3-5-7(13)8(10)11/h7-8H,3-6H2,1-2H3. The lowest BCUT2D eigenvalue weighted by atomic mass is 10.0. The molecule has 3 nitrogen and oxygen atoms in total. The summed E-state index contributed by atoms with van der Waals surface area (Å²) in [6.07, 6.45) is -0.411. The van der Waals surface area contributed by atoms with Gasteiger partial charge in [0.1, 0.15) is 0 Å². The van der Waals surface area contributed by atoms with Crippen LogP contribution in [0.1, 0.15) is 19.3 Å². The van der Waals surface area contributed by atoms with Gasteiger partial charge >= 0.3 is 6.03 Å². The molecule has 1 fully saturated rings. The molecule has 1 aliphatic heterocycles. The van der Waals surface area contributed by atoms with Crippen LogP contribution in [0, 0.1) is 0 Å². The van der Waals surface area contributed by atoms with E-state index in [0.29, 0.717) is 13.0 Å². The molecule has 1 heterocycles. The summed E-state index contributed by atoms with van der Waals surface area (Å²) in [6.45, 7) is 0.450. The number of hydrogen-bond donors (Lipinski definition) is 0. The molecule has 82 valence electrons. The van der Waals surface area contributed by atoms with Crippen LogP contribution in [0.3, 0.4) is 0 Å². The lowest BCUT2D eigenvalue weighted by Gasteiger charge is -2.36. The molecule has 0 saturated carbocycles. The smallest absolute Gasteiger partial charge is 0.319 e. The number of carbonyl (C=O) groups is 1. The molecule has 0 N–H and O–H groups in total. The van der Waals surface area contributed by atoms with Crippen molar-refractivity contribution in [2.24, 2.45) is 0 Å². The van der Waals surface area contributed by atoms with Crippen molar-refractivity contribution in [3.63, 3.8) is 0 Å². The van der Waals surface area contributed by atoms with Gasteiger partial charge in [-0.2, -0.15) is 0 Å². The Hall–Kier alpha value is -0.870. The van der Waals surface area contributed by atoms with Gasteiger partial charge in [-0.3, -0.25) is 0 Å². The van der Waals surface area contributed by atoms with Crippen LogP contribution in [0.5, 0.6) is 0 Å². The number of piperidine rings is 1. The van der Waals surface area contributed by atoms with Crippen molar-refractivity contribution in [2.45, 2.75) is 31.7 Å². The van der Waals surface area contributed by atoms with Gasteiger partial charge in [-0.05, 0) is 19.3 Å². The van der Waals surface area contributed by atoms with Crippen molar-refractivity contribution < 1.29 is 13.6 Å². The van der Waals surface area contributed by atoms with Crippen LogP contribution in [-0.2, 0) is 0 Å². The molecule has 0 aliphatic carbocycles. The van der Waals surface area contributed by atoms with E-state index in [0.717, 1.165) is 12.8 Å². The van der Waals surface area contributed by atoms with Crippen molar-refractivity contribution in [1.82, 2.24) is 9.80 Å². The lowest BCUT2D eigenvalue weighted by molar-refractivity contribution is 0.0176. The topological polar surface area (TPSA) is 23.6 Å². The van der Waals surface area contributed by atoms with Crippen LogP contribution in [0.4, 0.5) is 13.6 Å². The fraction of sp³-hybridized carbons (Fsp3) is 0.889. The number of amides is 2. The molecule has 0 spiro atoms. The van der Waals surface area contributed by atoms with Gasteiger partial charge in [0, 0.05) is 20.6 Å². The average molecular weight is 206 g/mol. The zero-order valence-electron chi connectivity index (χ0n) is 8.54. The Morgan fingerprint density at radius 2 is 2.07 bits per heavy atom. The minimum absolute atomic E-state index is 0.310. The molecule has 1 unspecified atom stereocenters. The van der Waals surface area contributed by atoms with E-state index < -0.39 is 12.5 Å². The first-order chi connectivity index (χ1) is 6.54. The predicted octanol–water partition coefficient (Wildman–Crippen LogP) is 1.79. The Kier molecular flexibility index (Phi) is 3.66. The second-order valence-corrected chi connectivity index (χ2v) is 3.77. The maximum atomic E-state index is 12.6. The highest BCUT2D eigenvalue weighted by atomic mass is 19.3. The lowest BCUT2D eigenvalue weighted by Crippen LogP contribution is -2.51. The summed E-state index contributed by atoms with van der Waals surface area (Å²) >= 11 is 0. The summed E-state index contributed by atoms with van der Waals surface area (Å²) < 4.78 is 25.2. The van der Waals surface area contributed by atoms with Crippen molar-refractivity contribution >= 4 is 6.03 Å². The summed E-state index contributed by atoms with van der Waals surface area (Å²) in [5.74, 6) is 0. The molecule has 0 aromatic carbocycles. The van der Waals surface area contributed by atoms with Crippen LogP contribution in [0.25, 0.3) is 0 Å². The minimum Gasteiger partial charge on any atom is -0.331 e. The fourth-order valence-electron chi connectivity index (χ4n) is 1.71. The van der Waals surface area contributed by atoms with Crippen molar-refractivity contribution in [3.05, 3.63) is 0 Å². The van der Waals surface area contributed by atoms with Crippen LogP contribution in [0.2, 0.25) is 0 Å². The first-order valence-corrected chi connectivity index (χ1v) is 4.80. The maximum absolute atomic E-state index is 12.6. The number of halogens is 2. The Balaban J connectivity index is 2.67. The monoisotopic (exact) mass is 206 g/mol. The van der Waals surface area contributed by atoms with Gasteiger partial charge in [0.05, 0.1) is 6.04 Å². The van der Waals surface area contributed by atoms with Crippen LogP contribution in [-0.4, -0.2) is 48.9 Å². The van der Waals surface area contributed by atoms with Gasteiger partial charge in [-0.1, -0.05) is 0 Å². The maximum Gasteiger partial charge on any atom is 0.319 e. The molecule has 2 amide bonds. The second-order valence-electron chi connectivity index (χ2n) is 3.77. The van der Waals surface area contributed by atoms with Crippen LogP contribution >= 0.6 is 0 Å². The third kappa shape index (κ3) is 2.33. The average Bonchev–Trinajstić information content (AvgIpc) is 2.16. The number of nitrogens with zero attached hydrogens (tertiary/aromatic N) is 2. The van der Waals surface area contributed by atoms with Crippen molar-refractivity contribution in [2.75, 3.05) is 20.6 Å². The highest BCUT2D eigenvalue weighted by Gasteiger charge is 2.33. The first-order valence-electron chi connectivity index (χ1n) is 4.80. The molecule has 5 heteroatoms. The summed E-state index contributed by atoms with van der Waals surface area (Å²) in [6, 6.07) is -1.20. The molecule has 0 radical (unpaired) electrons. The largest absolute Gasteiger partial charge is 0.331 e. The molecular formula is C9H16F2N2O. The summed E-state index contributed by atoms with van der Waals surface area (Å²) in [5.41, 5.74) is 0. The Morgan fingerprint density at radius 1 is 1.43 bits per heavy atom. The summed E-state index contributed by atoms with van der Waals surface area (Å²) in [5, 5.41) is 0. The van der Waals surface area contributed by atoms with Crippen LogP contribution in [0.15, 0.2) is 0 Å². The number of likely N-dealkylation sites (tertiary alicyclic amines) is 1. The Labute approximate surface area is 82.7 Å². The molecule has 0 bridgehead atoms.